The molecule has 0 aromatic carbocycles. The van der Waals surface area contributed by atoms with Gasteiger partial charge in [0.05, 0.1) is 12.1 Å². The number of carbonyl (C=O) groups excluding carboxylic acids is 1. The highest BCUT2D eigenvalue weighted by Gasteiger charge is 2.32. The van der Waals surface area contributed by atoms with Crippen molar-refractivity contribution in [3.8, 4) is 0 Å². The van der Waals surface area contributed by atoms with Crippen LogP contribution in [0.15, 0.2) is 0 Å². The number of aliphatic hydroxyl groups is 1. The summed E-state index contributed by atoms with van der Waals surface area (Å²) in [5.74, 6) is -0.661. The predicted molar refractivity (Wildman–Crippen MR) is 50.7 cm³/mol. The van der Waals surface area contributed by atoms with E-state index >= 15 is 0 Å². The quantitative estimate of drug-likeness (QED) is 0.736. The second kappa shape index (κ2) is 5.01. The van der Waals surface area contributed by atoms with E-state index < -0.39 is 30.8 Å². The lowest BCUT2D eigenvalue weighted by Gasteiger charge is -2.23. The van der Waals surface area contributed by atoms with Gasteiger partial charge in [0.2, 0.25) is 5.91 Å². The van der Waals surface area contributed by atoms with Crippen molar-refractivity contribution >= 4 is 5.91 Å². The fourth-order valence-corrected chi connectivity index (χ4v) is 1.62. The van der Waals surface area contributed by atoms with Crippen LogP contribution in [0.25, 0.3) is 0 Å². The van der Waals surface area contributed by atoms with Crippen LogP contribution in [0.2, 0.25) is 0 Å². The van der Waals surface area contributed by atoms with Gasteiger partial charge in [0.1, 0.15) is 6.54 Å². The third kappa shape index (κ3) is 3.97. The average molecular weight is 240 g/mol. The zero-order chi connectivity index (χ0) is 12.3. The van der Waals surface area contributed by atoms with Gasteiger partial charge in [-0.05, 0) is 13.3 Å². The maximum Gasteiger partial charge on any atom is 0.405 e. The lowest BCUT2D eigenvalue weighted by Crippen LogP contribution is -2.46. The molecule has 1 unspecified atom stereocenters. The molecule has 1 saturated heterocycles. The molecular formula is C9H15F3N2O2. The summed E-state index contributed by atoms with van der Waals surface area (Å²) in [6, 6.07) is -0.639. The molecule has 0 aromatic rings. The minimum absolute atomic E-state index is 0.334. The number of nitrogens with zero attached hydrogens (tertiary/aromatic N) is 1. The van der Waals surface area contributed by atoms with Crippen LogP contribution in [-0.4, -0.2) is 53.9 Å². The van der Waals surface area contributed by atoms with Gasteiger partial charge in [0.25, 0.3) is 0 Å². The van der Waals surface area contributed by atoms with Gasteiger partial charge in [-0.3, -0.25) is 9.69 Å². The van der Waals surface area contributed by atoms with E-state index in [9.17, 15) is 23.1 Å². The third-order valence-electron chi connectivity index (χ3n) is 2.59. The van der Waals surface area contributed by atoms with Gasteiger partial charge in [-0.1, -0.05) is 0 Å². The van der Waals surface area contributed by atoms with Gasteiger partial charge in [-0.25, -0.2) is 0 Å². The molecule has 7 heteroatoms. The van der Waals surface area contributed by atoms with Crippen LogP contribution in [0.4, 0.5) is 13.2 Å². The first-order valence-corrected chi connectivity index (χ1v) is 5.06. The van der Waals surface area contributed by atoms with Crippen molar-refractivity contribution < 1.29 is 23.1 Å². The topological polar surface area (TPSA) is 52.6 Å². The van der Waals surface area contributed by atoms with Crippen LogP contribution in [0, 0.1) is 0 Å². The van der Waals surface area contributed by atoms with E-state index in [1.54, 1.807) is 4.90 Å². The van der Waals surface area contributed by atoms with Crippen molar-refractivity contribution in [1.82, 2.24) is 10.2 Å². The Morgan fingerprint density at radius 2 is 2.25 bits per heavy atom. The number of likely N-dealkylation sites (tertiary alicyclic amines) is 1. The van der Waals surface area contributed by atoms with Crippen molar-refractivity contribution in [2.75, 3.05) is 19.6 Å². The van der Waals surface area contributed by atoms with E-state index in [-0.39, 0.29) is 0 Å². The van der Waals surface area contributed by atoms with E-state index in [4.69, 9.17) is 0 Å². The molecule has 0 bridgehead atoms. The smallest absolute Gasteiger partial charge is 0.392 e. The number of carbonyl (C=O) groups is 1. The van der Waals surface area contributed by atoms with Crippen molar-refractivity contribution in [2.24, 2.45) is 0 Å². The number of alkyl halides is 3. The van der Waals surface area contributed by atoms with Crippen molar-refractivity contribution in [3.05, 3.63) is 0 Å². The van der Waals surface area contributed by atoms with E-state index in [1.165, 1.54) is 6.92 Å². The molecule has 4 nitrogen and oxygen atoms in total. The van der Waals surface area contributed by atoms with E-state index in [2.05, 4.69) is 0 Å². The van der Waals surface area contributed by atoms with Gasteiger partial charge in [-0.2, -0.15) is 13.2 Å². The molecule has 0 radical (unpaired) electrons. The van der Waals surface area contributed by atoms with Crippen LogP contribution >= 0.6 is 0 Å². The van der Waals surface area contributed by atoms with E-state index in [1.807, 2.05) is 5.32 Å². The normalized spacial score (nSPS) is 24.4. The molecule has 0 saturated carbocycles. The molecule has 1 amide bonds. The zero-order valence-electron chi connectivity index (χ0n) is 8.92. The Morgan fingerprint density at radius 3 is 2.69 bits per heavy atom. The summed E-state index contributed by atoms with van der Waals surface area (Å²) >= 11 is 0. The molecule has 0 aliphatic carbocycles. The van der Waals surface area contributed by atoms with Crippen molar-refractivity contribution in [1.29, 1.82) is 0 Å². The summed E-state index contributed by atoms with van der Waals surface area (Å²) in [5.41, 5.74) is 0. The van der Waals surface area contributed by atoms with Crippen LogP contribution < -0.4 is 5.32 Å². The zero-order valence-corrected chi connectivity index (χ0v) is 8.92. The Kier molecular flexibility index (Phi) is 4.15. The minimum Gasteiger partial charge on any atom is -0.392 e. The Bertz CT molecular complexity index is 258. The summed E-state index contributed by atoms with van der Waals surface area (Å²) in [4.78, 5) is 13.0. The van der Waals surface area contributed by atoms with Crippen molar-refractivity contribution in [3.63, 3.8) is 0 Å². The molecule has 1 heterocycles. The van der Waals surface area contributed by atoms with Gasteiger partial charge < -0.3 is 10.4 Å². The number of β-amino-alcohol motifs (C(OH)–C–C–N with tert-alkyl or cyclic N) is 1. The van der Waals surface area contributed by atoms with Crippen LogP contribution in [0.3, 0.4) is 0 Å². The highest BCUT2D eigenvalue weighted by molar-refractivity contribution is 5.81. The number of amides is 1. The fourth-order valence-electron chi connectivity index (χ4n) is 1.62. The molecule has 1 aliphatic rings. The SMILES string of the molecule is CC(C(=O)NCC(F)(F)F)N1CC[C@@H](O)C1. The van der Waals surface area contributed by atoms with Crippen LogP contribution in [-0.2, 0) is 4.79 Å². The van der Waals surface area contributed by atoms with Crippen LogP contribution in [0.5, 0.6) is 0 Å². The van der Waals surface area contributed by atoms with E-state index in [0.717, 1.165) is 0 Å². The Labute approximate surface area is 91.4 Å². The van der Waals surface area contributed by atoms with Crippen molar-refractivity contribution in [2.45, 2.75) is 31.7 Å². The third-order valence-corrected chi connectivity index (χ3v) is 2.59. The second-order valence-corrected chi connectivity index (χ2v) is 3.95. The molecule has 1 fully saturated rings. The summed E-state index contributed by atoms with van der Waals surface area (Å²) in [6.07, 6.45) is -4.32. The van der Waals surface area contributed by atoms with Gasteiger partial charge in [0, 0.05) is 13.1 Å². The number of hydrogen-bond donors (Lipinski definition) is 2. The van der Waals surface area contributed by atoms with E-state index in [0.29, 0.717) is 19.5 Å². The first-order valence-electron chi connectivity index (χ1n) is 5.06. The Balaban J connectivity index is 2.36. The number of nitrogens with one attached hydrogen (secondary N) is 1. The molecule has 94 valence electrons. The van der Waals surface area contributed by atoms with Gasteiger partial charge in [0.15, 0.2) is 0 Å². The highest BCUT2D eigenvalue weighted by atomic mass is 19.4. The molecule has 0 aromatic heterocycles. The maximum atomic E-state index is 11.9. The summed E-state index contributed by atoms with van der Waals surface area (Å²) in [5, 5.41) is 11.1. The summed E-state index contributed by atoms with van der Waals surface area (Å²) < 4.78 is 35.6. The standard InChI is InChI=1S/C9H15F3N2O2/c1-6(14-3-2-7(15)4-14)8(16)13-5-9(10,11)12/h6-7,15H,2-5H2,1H3,(H,13,16)/t6?,7-/m1/s1. The second-order valence-electron chi connectivity index (χ2n) is 3.95. The number of halogens is 3. The number of aliphatic hydroxyl groups excluding tert-OH is 1. The first-order chi connectivity index (χ1) is 7.29. The summed E-state index contributed by atoms with van der Waals surface area (Å²) in [6.45, 7) is 1.08. The van der Waals surface area contributed by atoms with Crippen LogP contribution in [0.1, 0.15) is 13.3 Å². The lowest BCUT2D eigenvalue weighted by molar-refractivity contribution is -0.141. The van der Waals surface area contributed by atoms with Gasteiger partial charge in [-0.15, -0.1) is 0 Å². The molecule has 1 rings (SSSR count). The molecule has 2 N–H and O–H groups in total. The molecule has 0 spiro atoms. The predicted octanol–water partition coefficient (Wildman–Crippen LogP) is 0.120. The molecular weight excluding hydrogens is 225 g/mol. The lowest BCUT2D eigenvalue weighted by atomic mass is 10.3. The minimum atomic E-state index is -4.39. The molecule has 2 atom stereocenters. The first kappa shape index (κ1) is 13.2. The summed E-state index contributed by atoms with van der Waals surface area (Å²) in [7, 11) is 0. The monoisotopic (exact) mass is 240 g/mol. The Hall–Kier alpha value is -0.820. The maximum absolute atomic E-state index is 11.9. The Morgan fingerprint density at radius 1 is 1.62 bits per heavy atom. The average Bonchev–Trinajstić information content (AvgIpc) is 2.59. The molecule has 16 heavy (non-hydrogen) atoms. The number of rotatable bonds is 3. The molecule has 1 aliphatic heterocycles. The highest BCUT2D eigenvalue weighted by Crippen LogP contribution is 2.14. The van der Waals surface area contributed by atoms with Gasteiger partial charge >= 0.3 is 6.18 Å². The largest absolute Gasteiger partial charge is 0.405 e. The fraction of sp³-hybridized carbons (Fsp3) is 0.889. The number of hydrogen-bond acceptors (Lipinski definition) is 3.